The number of carboxylic acid groups (broad SMARTS) is 5. The number of hydrogen-bond acceptors (Lipinski definition) is 20. The number of nitrogens with zero attached hydrogens (tertiary/aromatic N) is 7. The van der Waals surface area contributed by atoms with Crippen molar-refractivity contribution in [3.05, 3.63) is 95.1 Å². The number of unbranched alkanes of at least 4 members (excludes halogenated alkanes) is 4. The minimum Gasteiger partial charge on any atom is -0.481 e. The number of benzene rings is 3. The number of hydrogen-bond donors (Lipinski definition) is 12. The van der Waals surface area contributed by atoms with E-state index in [4.69, 9.17) is 43.1 Å². The number of thiocarbonyl (C=S) groups is 1. The first kappa shape index (κ1) is 88.8. The van der Waals surface area contributed by atoms with Crippen molar-refractivity contribution >= 4 is 99.7 Å². The van der Waals surface area contributed by atoms with Crippen LogP contribution in [-0.2, 0) is 72.0 Å². The number of carbonyl (C=O) groups excluding carboxylic acids is 5. The first-order chi connectivity index (χ1) is 51.4. The number of urea groups is 2. The number of rotatable bonds is 50. The number of Topliss-reactive ketones (excluding diaryl/α,β-unsaturated/α-hetero) is 2. The monoisotopic (exact) mass is 1530 g/mol. The van der Waals surface area contributed by atoms with Crippen LogP contribution in [0.4, 0.5) is 21.0 Å². The first-order valence-electron chi connectivity index (χ1n) is 36.4. The predicted octanol–water partition coefficient (Wildman–Crippen LogP) is 5.57. The molecule has 34 heteroatoms. The summed E-state index contributed by atoms with van der Waals surface area (Å²) in [6.45, 7) is 6.12. The van der Waals surface area contributed by atoms with Crippen molar-refractivity contribution in [3.8, 4) is 11.3 Å². The molecule has 3 aromatic carbocycles. The van der Waals surface area contributed by atoms with Crippen LogP contribution in [-0.4, -0.2) is 275 Å². The normalized spacial score (nSPS) is 14.9. The molecule has 107 heavy (non-hydrogen) atoms. The summed E-state index contributed by atoms with van der Waals surface area (Å²) in [5.41, 5.74) is 4.39. The molecule has 0 saturated carbocycles. The smallest absolute Gasteiger partial charge is 0.326 e. The van der Waals surface area contributed by atoms with Crippen LogP contribution < -0.4 is 37.2 Å². The molecule has 4 aromatic rings. The fourth-order valence-electron chi connectivity index (χ4n) is 11.6. The summed E-state index contributed by atoms with van der Waals surface area (Å²) in [5, 5.41) is 76.7. The van der Waals surface area contributed by atoms with Crippen LogP contribution in [0.1, 0.15) is 107 Å². The SMILES string of the molecule is CN1CCN(CC(=O)O)CCN(CC(=O)O)CC(Cc2ccc(NC(=S)NCCCC[C@H](NC(=O)CCOCCOCCOCCn3cc(-c4cccc(NC(=O)NCCCCC(NC(=O)NCCCC(=O)O)C(=O)O)c4)nn3)C(=O)CC(CCCCCC(=O)Cc3ccc(Cl)cc3)C(=O)O)cc2)N(C)CC1. The van der Waals surface area contributed by atoms with Crippen LogP contribution in [0.5, 0.6) is 0 Å². The molecule has 12 N–H and O–H groups in total. The summed E-state index contributed by atoms with van der Waals surface area (Å²) in [5.74, 6) is -6.98. The topological polar surface area (TPSA) is 427 Å². The molecule has 0 aliphatic carbocycles. The number of carboxylic acids is 5. The lowest BCUT2D eigenvalue weighted by Crippen LogP contribution is -2.50. The molecular weight excluding hydrogens is 1430 g/mol. The molecule has 1 saturated heterocycles. The Morgan fingerprint density at radius 3 is 1.89 bits per heavy atom. The average molecular weight is 1540 g/mol. The lowest BCUT2D eigenvalue weighted by atomic mass is 9.91. The van der Waals surface area contributed by atoms with Gasteiger partial charge >= 0.3 is 41.9 Å². The zero-order chi connectivity index (χ0) is 77.7. The van der Waals surface area contributed by atoms with Crippen LogP contribution in [0.25, 0.3) is 11.3 Å². The third kappa shape index (κ3) is 39.0. The van der Waals surface area contributed by atoms with Crippen molar-refractivity contribution in [3.63, 3.8) is 0 Å². The van der Waals surface area contributed by atoms with Crippen molar-refractivity contribution in [1.29, 1.82) is 0 Å². The first-order valence-corrected chi connectivity index (χ1v) is 37.2. The molecule has 0 radical (unpaired) electrons. The van der Waals surface area contributed by atoms with Gasteiger partial charge in [-0.05, 0) is 138 Å². The van der Waals surface area contributed by atoms with Crippen LogP contribution in [0.15, 0.2) is 79.0 Å². The van der Waals surface area contributed by atoms with Crippen molar-refractivity contribution in [2.75, 3.05) is 143 Å². The van der Waals surface area contributed by atoms with E-state index in [2.05, 4.69) is 57.3 Å². The predicted molar refractivity (Wildman–Crippen MR) is 404 cm³/mol. The summed E-state index contributed by atoms with van der Waals surface area (Å²) >= 11 is 11.6. The second kappa shape index (κ2) is 50.7. The molecular formula is C73H107ClN14O18S. The molecule has 590 valence electrons. The lowest BCUT2D eigenvalue weighted by Gasteiger charge is -2.36. The molecule has 1 aliphatic heterocycles. The number of nitrogens with one attached hydrogen (secondary N) is 7. The van der Waals surface area contributed by atoms with Gasteiger partial charge in [0.15, 0.2) is 10.9 Å². The van der Waals surface area contributed by atoms with E-state index in [-0.39, 0.29) is 122 Å². The molecule has 3 unspecified atom stereocenters. The Morgan fingerprint density at radius 2 is 1.20 bits per heavy atom. The van der Waals surface area contributed by atoms with Gasteiger partial charge in [0, 0.05) is 126 Å². The minimum absolute atomic E-state index is 0.0347. The summed E-state index contributed by atoms with van der Waals surface area (Å²) in [6.07, 6.45) is 6.84. The zero-order valence-corrected chi connectivity index (χ0v) is 62.8. The second-order valence-corrected chi connectivity index (χ2v) is 27.3. The third-order valence-electron chi connectivity index (χ3n) is 17.7. The van der Waals surface area contributed by atoms with E-state index < -0.39 is 71.6 Å². The Morgan fingerprint density at radius 1 is 0.579 bits per heavy atom. The van der Waals surface area contributed by atoms with E-state index in [1.54, 1.807) is 41.2 Å². The molecule has 32 nitrogen and oxygen atoms in total. The summed E-state index contributed by atoms with van der Waals surface area (Å²) in [6, 6.07) is 18.6. The van der Waals surface area contributed by atoms with Gasteiger partial charge in [-0.25, -0.2) is 19.1 Å². The highest BCUT2D eigenvalue weighted by molar-refractivity contribution is 7.80. The Kier molecular flexibility index (Phi) is 42.1. The van der Waals surface area contributed by atoms with E-state index in [1.807, 2.05) is 66.4 Å². The van der Waals surface area contributed by atoms with Gasteiger partial charge in [0.25, 0.3) is 0 Å². The third-order valence-corrected chi connectivity index (χ3v) is 18.2. The maximum Gasteiger partial charge on any atom is 0.326 e. The molecule has 0 spiro atoms. The molecule has 4 atom stereocenters. The second-order valence-electron chi connectivity index (χ2n) is 26.5. The van der Waals surface area contributed by atoms with Crippen LogP contribution in [0.3, 0.4) is 0 Å². The van der Waals surface area contributed by atoms with Gasteiger partial charge in [-0.2, -0.15) is 0 Å². The van der Waals surface area contributed by atoms with Crippen molar-refractivity contribution in [1.82, 2.24) is 61.2 Å². The largest absolute Gasteiger partial charge is 0.481 e. The highest BCUT2D eigenvalue weighted by Gasteiger charge is 2.29. The lowest BCUT2D eigenvalue weighted by molar-refractivity contribution is -0.144. The molecule has 2 heterocycles. The molecule has 5 amide bonds. The van der Waals surface area contributed by atoms with E-state index in [1.165, 1.54) is 0 Å². The molecule has 5 rings (SSSR count). The average Bonchev–Trinajstić information content (AvgIpc) is 1.80. The number of aliphatic carboxylic acids is 5. The summed E-state index contributed by atoms with van der Waals surface area (Å²) < 4.78 is 18.7. The van der Waals surface area contributed by atoms with Gasteiger partial charge in [-0.3, -0.25) is 43.4 Å². The Balaban J connectivity index is 1.01. The number of anilines is 2. The summed E-state index contributed by atoms with van der Waals surface area (Å²) in [7, 11) is 4.05. The number of likely N-dealkylation sites (N-methyl/N-ethyl adjacent to an activating group) is 2. The van der Waals surface area contributed by atoms with Crippen molar-refractivity contribution < 1.29 is 87.7 Å². The maximum atomic E-state index is 14.0. The number of halogens is 1. The molecule has 1 fully saturated rings. The number of carbonyl (C=O) groups is 10. The summed E-state index contributed by atoms with van der Waals surface area (Å²) in [4.78, 5) is 131. The minimum atomic E-state index is -1.22. The number of amides is 5. The standard InChI is InChI=1S/C73H107ClN14O18S/c1-84-31-33-85(2)59(48-87(51-68(96)97)36-35-86(34-32-84)50-67(94)95)44-52-21-25-57(26-22-52)79-73(107)77-29-9-6-16-61(64(90)47-55(69(98)99)12-4-3-5-15-60(89)45-53-19-23-56(74)24-20-53)80-65(91)27-38-104-40-42-106-43-41-105-39-37-88-49-63(82-83-88)54-13-10-14-58(46-54)78-71(102)75-28-8-7-17-62(70(100)101)81-72(103)76-30-11-18-66(92)93/h10,13-14,19-26,46,49,55,59,61-62H,3-9,11-12,15-18,27-45,47-48,50-51H2,1-2H3,(H,80,91)(H,92,93)(H,94,95)(H,96,97)(H,98,99)(H,100,101)(H2,75,78,102)(H2,76,81,103)(H2,77,79,107)/t55?,59?,61-,62?/m0/s1. The van der Waals surface area contributed by atoms with Gasteiger partial charge in [0.1, 0.15) is 17.5 Å². The number of ether oxygens (including phenoxy) is 3. The Bertz CT molecular complexity index is 3430. The highest BCUT2D eigenvalue weighted by atomic mass is 35.5. The van der Waals surface area contributed by atoms with Crippen molar-refractivity contribution in [2.24, 2.45) is 5.92 Å². The van der Waals surface area contributed by atoms with E-state index >= 15 is 0 Å². The van der Waals surface area contributed by atoms with E-state index in [0.717, 1.165) is 29.9 Å². The number of ketones is 2. The van der Waals surface area contributed by atoms with Crippen LogP contribution in [0, 0.1) is 5.92 Å². The Labute approximate surface area is 634 Å². The van der Waals surface area contributed by atoms with E-state index in [9.17, 15) is 68.4 Å². The quantitative estimate of drug-likeness (QED) is 0.0190. The van der Waals surface area contributed by atoms with Gasteiger partial charge in [0.2, 0.25) is 5.91 Å². The molecule has 1 aromatic heterocycles. The van der Waals surface area contributed by atoms with Gasteiger partial charge in [-0.15, -0.1) is 5.10 Å². The molecule has 0 bridgehead atoms. The van der Waals surface area contributed by atoms with Gasteiger partial charge < -0.3 is 86.8 Å². The van der Waals surface area contributed by atoms with Crippen LogP contribution >= 0.6 is 23.8 Å². The van der Waals surface area contributed by atoms with Gasteiger partial charge in [0.05, 0.1) is 77.4 Å². The van der Waals surface area contributed by atoms with Gasteiger partial charge in [-0.1, -0.05) is 66.1 Å². The van der Waals surface area contributed by atoms with Crippen molar-refractivity contribution in [2.45, 2.75) is 134 Å². The maximum absolute atomic E-state index is 14.0. The highest BCUT2D eigenvalue weighted by Crippen LogP contribution is 2.23. The fraction of sp³-hybridized carbons (Fsp3) is 0.575. The Hall–Kier alpha value is -8.80. The van der Waals surface area contributed by atoms with Crippen LogP contribution in [0.2, 0.25) is 5.02 Å². The zero-order valence-electron chi connectivity index (χ0n) is 61.2. The number of aromatic nitrogens is 3. The molecule has 1 aliphatic rings. The fourth-order valence-corrected chi connectivity index (χ4v) is 12.0. The van der Waals surface area contributed by atoms with E-state index in [0.29, 0.717) is 137 Å².